The summed E-state index contributed by atoms with van der Waals surface area (Å²) in [6.45, 7) is 5.39. The molecule has 0 saturated carbocycles. The first kappa shape index (κ1) is 13.2. The van der Waals surface area contributed by atoms with Gasteiger partial charge < -0.3 is 10.6 Å². The zero-order chi connectivity index (χ0) is 13.0. The van der Waals surface area contributed by atoms with Crippen LogP contribution in [0.4, 0.5) is 5.82 Å². The first-order valence-electron chi connectivity index (χ1n) is 5.45. The Morgan fingerprint density at radius 2 is 2.00 bits per heavy atom. The lowest BCUT2D eigenvalue weighted by Gasteiger charge is -2.13. The maximum Gasteiger partial charge on any atom is 0.252 e. The standard InChI is InChI=1S/C12H17N3O2/c1-7(2)9-5-11(15-8(3)16)14-6-10(9)12(17)13-4/h5-7H,1-4H3,(H,13,17)(H,14,15,16). The van der Waals surface area contributed by atoms with E-state index in [1.807, 2.05) is 13.8 Å². The molecule has 92 valence electrons. The molecule has 0 atom stereocenters. The van der Waals surface area contributed by atoms with E-state index in [4.69, 9.17) is 0 Å². The number of amides is 2. The summed E-state index contributed by atoms with van der Waals surface area (Å²) in [7, 11) is 1.58. The van der Waals surface area contributed by atoms with Gasteiger partial charge in [-0.25, -0.2) is 4.98 Å². The molecule has 5 heteroatoms. The molecule has 0 aliphatic rings. The summed E-state index contributed by atoms with van der Waals surface area (Å²) in [5.41, 5.74) is 1.40. The molecule has 0 spiro atoms. The Labute approximate surface area is 101 Å². The van der Waals surface area contributed by atoms with Gasteiger partial charge in [0.1, 0.15) is 5.82 Å². The molecule has 2 amide bonds. The molecule has 0 aromatic carbocycles. The van der Waals surface area contributed by atoms with Crippen LogP contribution in [0.15, 0.2) is 12.3 Å². The van der Waals surface area contributed by atoms with Crippen LogP contribution in [-0.2, 0) is 4.79 Å². The van der Waals surface area contributed by atoms with Crippen LogP contribution in [-0.4, -0.2) is 23.8 Å². The summed E-state index contributed by atoms with van der Waals surface area (Å²) in [6, 6.07) is 1.73. The maximum absolute atomic E-state index is 11.6. The Morgan fingerprint density at radius 3 is 2.47 bits per heavy atom. The van der Waals surface area contributed by atoms with E-state index in [1.54, 1.807) is 13.1 Å². The van der Waals surface area contributed by atoms with Crippen LogP contribution in [0.1, 0.15) is 42.6 Å². The smallest absolute Gasteiger partial charge is 0.252 e. The summed E-state index contributed by atoms with van der Waals surface area (Å²) in [5.74, 6) is 0.294. The van der Waals surface area contributed by atoms with Gasteiger partial charge >= 0.3 is 0 Å². The highest BCUT2D eigenvalue weighted by Crippen LogP contribution is 2.21. The summed E-state index contributed by atoms with van der Waals surface area (Å²) >= 11 is 0. The second-order valence-corrected chi connectivity index (χ2v) is 4.07. The molecule has 1 rings (SSSR count). The van der Waals surface area contributed by atoms with E-state index in [9.17, 15) is 9.59 Å². The summed E-state index contributed by atoms with van der Waals surface area (Å²) < 4.78 is 0. The van der Waals surface area contributed by atoms with Gasteiger partial charge in [0.05, 0.1) is 5.56 Å². The largest absolute Gasteiger partial charge is 0.355 e. The molecule has 1 aromatic heterocycles. The van der Waals surface area contributed by atoms with E-state index in [2.05, 4.69) is 15.6 Å². The Hall–Kier alpha value is -1.91. The quantitative estimate of drug-likeness (QED) is 0.834. The normalized spacial score (nSPS) is 10.2. The predicted octanol–water partition coefficient (Wildman–Crippen LogP) is 1.52. The third kappa shape index (κ3) is 3.27. The Kier molecular flexibility index (Phi) is 4.20. The Balaban J connectivity index is 3.17. The van der Waals surface area contributed by atoms with Crippen LogP contribution in [0, 0.1) is 0 Å². The van der Waals surface area contributed by atoms with Crippen molar-refractivity contribution < 1.29 is 9.59 Å². The minimum absolute atomic E-state index is 0.171. The highest BCUT2D eigenvalue weighted by atomic mass is 16.2. The van der Waals surface area contributed by atoms with Crippen molar-refractivity contribution in [1.29, 1.82) is 0 Å². The summed E-state index contributed by atoms with van der Waals surface area (Å²) in [4.78, 5) is 26.6. The molecule has 0 radical (unpaired) electrons. The average molecular weight is 235 g/mol. The minimum Gasteiger partial charge on any atom is -0.355 e. The molecule has 0 bridgehead atoms. The SMILES string of the molecule is CNC(=O)c1cnc(NC(C)=O)cc1C(C)C. The molecule has 0 aliphatic heterocycles. The van der Waals surface area contributed by atoms with Crippen molar-refractivity contribution in [3.8, 4) is 0 Å². The van der Waals surface area contributed by atoms with Gasteiger partial charge in [0.25, 0.3) is 5.91 Å². The van der Waals surface area contributed by atoms with Gasteiger partial charge in [-0.15, -0.1) is 0 Å². The molecule has 2 N–H and O–H groups in total. The fraction of sp³-hybridized carbons (Fsp3) is 0.417. The van der Waals surface area contributed by atoms with E-state index < -0.39 is 0 Å². The molecule has 0 unspecified atom stereocenters. The average Bonchev–Trinajstić information content (AvgIpc) is 2.27. The lowest BCUT2D eigenvalue weighted by molar-refractivity contribution is -0.114. The molecule has 17 heavy (non-hydrogen) atoms. The number of nitrogens with one attached hydrogen (secondary N) is 2. The second-order valence-electron chi connectivity index (χ2n) is 4.07. The fourth-order valence-corrected chi connectivity index (χ4v) is 1.52. The number of pyridine rings is 1. The number of rotatable bonds is 3. The van der Waals surface area contributed by atoms with Crippen LogP contribution >= 0.6 is 0 Å². The topological polar surface area (TPSA) is 71.1 Å². The maximum atomic E-state index is 11.6. The molecule has 1 aromatic rings. The Bertz CT molecular complexity index is 441. The third-order valence-corrected chi connectivity index (χ3v) is 2.33. The molecule has 1 heterocycles. The molecule has 5 nitrogen and oxygen atoms in total. The van der Waals surface area contributed by atoms with Crippen molar-refractivity contribution in [3.63, 3.8) is 0 Å². The van der Waals surface area contributed by atoms with Gasteiger partial charge in [-0.1, -0.05) is 13.8 Å². The molecule has 0 saturated heterocycles. The number of aromatic nitrogens is 1. The number of nitrogens with zero attached hydrogens (tertiary/aromatic N) is 1. The van der Waals surface area contributed by atoms with Gasteiger partial charge in [0.15, 0.2) is 0 Å². The van der Waals surface area contributed by atoms with Crippen molar-refractivity contribution in [1.82, 2.24) is 10.3 Å². The van der Waals surface area contributed by atoms with Crippen molar-refractivity contribution in [3.05, 3.63) is 23.4 Å². The van der Waals surface area contributed by atoms with Crippen LogP contribution in [0.2, 0.25) is 0 Å². The van der Waals surface area contributed by atoms with Crippen LogP contribution in [0.25, 0.3) is 0 Å². The lowest BCUT2D eigenvalue weighted by atomic mass is 9.98. The fourth-order valence-electron chi connectivity index (χ4n) is 1.52. The third-order valence-electron chi connectivity index (χ3n) is 2.33. The van der Waals surface area contributed by atoms with E-state index in [0.717, 1.165) is 5.56 Å². The Morgan fingerprint density at radius 1 is 1.35 bits per heavy atom. The molecule has 0 fully saturated rings. The zero-order valence-corrected chi connectivity index (χ0v) is 10.5. The van der Waals surface area contributed by atoms with Gasteiger partial charge in [0, 0.05) is 20.2 Å². The minimum atomic E-state index is -0.181. The van der Waals surface area contributed by atoms with E-state index >= 15 is 0 Å². The van der Waals surface area contributed by atoms with Crippen molar-refractivity contribution in [2.45, 2.75) is 26.7 Å². The van der Waals surface area contributed by atoms with Crippen molar-refractivity contribution >= 4 is 17.6 Å². The van der Waals surface area contributed by atoms with Crippen LogP contribution in [0.5, 0.6) is 0 Å². The van der Waals surface area contributed by atoms with E-state index in [0.29, 0.717) is 11.4 Å². The monoisotopic (exact) mass is 235 g/mol. The number of hydrogen-bond donors (Lipinski definition) is 2. The lowest BCUT2D eigenvalue weighted by Crippen LogP contribution is -2.21. The summed E-state index contributed by atoms with van der Waals surface area (Å²) in [5, 5.41) is 5.17. The number of carbonyl (C=O) groups excluding carboxylic acids is 2. The van der Waals surface area contributed by atoms with Crippen LogP contribution in [0.3, 0.4) is 0 Å². The van der Waals surface area contributed by atoms with Crippen molar-refractivity contribution in [2.75, 3.05) is 12.4 Å². The van der Waals surface area contributed by atoms with E-state index in [1.165, 1.54) is 13.1 Å². The van der Waals surface area contributed by atoms with Gasteiger partial charge in [-0.05, 0) is 17.5 Å². The highest BCUT2D eigenvalue weighted by Gasteiger charge is 2.14. The van der Waals surface area contributed by atoms with Crippen LogP contribution < -0.4 is 10.6 Å². The number of anilines is 1. The highest BCUT2D eigenvalue weighted by molar-refractivity contribution is 5.96. The predicted molar refractivity (Wildman–Crippen MR) is 66.0 cm³/mol. The molecular formula is C12H17N3O2. The van der Waals surface area contributed by atoms with Gasteiger partial charge in [-0.2, -0.15) is 0 Å². The van der Waals surface area contributed by atoms with Crippen molar-refractivity contribution in [2.24, 2.45) is 0 Å². The molecular weight excluding hydrogens is 218 g/mol. The van der Waals surface area contributed by atoms with E-state index in [-0.39, 0.29) is 17.7 Å². The number of hydrogen-bond acceptors (Lipinski definition) is 3. The van der Waals surface area contributed by atoms with Gasteiger partial charge in [-0.3, -0.25) is 9.59 Å². The molecule has 0 aliphatic carbocycles. The zero-order valence-electron chi connectivity index (χ0n) is 10.5. The first-order valence-corrected chi connectivity index (χ1v) is 5.45. The first-order chi connectivity index (χ1) is 7.95. The van der Waals surface area contributed by atoms with Gasteiger partial charge in [0.2, 0.25) is 5.91 Å². The second kappa shape index (κ2) is 5.43. The summed E-state index contributed by atoms with van der Waals surface area (Å²) in [6.07, 6.45) is 1.49. The number of carbonyl (C=O) groups is 2.